The topological polar surface area (TPSA) is 84.5 Å². The number of ether oxygens (including phenoxy) is 1. The normalized spacial score (nSPS) is 14.0. The van der Waals surface area contributed by atoms with Gasteiger partial charge in [0, 0.05) is 12.6 Å². The van der Waals surface area contributed by atoms with Crippen LogP contribution in [0.15, 0.2) is 47.4 Å². The van der Waals surface area contributed by atoms with Crippen molar-refractivity contribution in [2.45, 2.75) is 44.2 Å². The molecule has 1 aliphatic rings. The summed E-state index contributed by atoms with van der Waals surface area (Å²) in [6.07, 6.45) is 1.77. The molecule has 0 bridgehead atoms. The van der Waals surface area contributed by atoms with Crippen LogP contribution in [0.25, 0.3) is 0 Å². The molecule has 0 unspecified atom stereocenters. The first-order valence-corrected chi connectivity index (χ1v) is 10.4. The molecule has 1 saturated carbocycles. The molecule has 2 aromatic rings. The molecule has 0 atom stereocenters. The van der Waals surface area contributed by atoms with Crippen LogP contribution in [0.4, 0.5) is 0 Å². The zero-order valence-electron chi connectivity index (χ0n) is 15.5. The van der Waals surface area contributed by atoms with E-state index in [1.807, 2.05) is 31.2 Å². The van der Waals surface area contributed by atoms with Crippen molar-refractivity contribution in [3.63, 3.8) is 0 Å². The third kappa shape index (κ3) is 5.55. The second kappa shape index (κ2) is 8.10. The van der Waals surface area contributed by atoms with Gasteiger partial charge in [0.1, 0.15) is 5.75 Å². The van der Waals surface area contributed by atoms with Gasteiger partial charge in [-0.3, -0.25) is 4.79 Å². The number of aryl methyl sites for hydroxylation is 2. The summed E-state index contributed by atoms with van der Waals surface area (Å²) in [5, 5.41) is 2.80. The van der Waals surface area contributed by atoms with Gasteiger partial charge in [-0.2, -0.15) is 0 Å². The van der Waals surface area contributed by atoms with Crippen molar-refractivity contribution in [1.29, 1.82) is 0 Å². The molecule has 0 saturated heterocycles. The second-order valence-corrected chi connectivity index (χ2v) is 8.59. The van der Waals surface area contributed by atoms with Gasteiger partial charge in [-0.25, -0.2) is 13.1 Å². The van der Waals surface area contributed by atoms with Crippen molar-refractivity contribution in [2.75, 3.05) is 6.61 Å². The third-order valence-corrected chi connectivity index (χ3v) is 5.84. The Bertz CT molecular complexity index is 919. The van der Waals surface area contributed by atoms with E-state index in [9.17, 15) is 13.2 Å². The van der Waals surface area contributed by atoms with Crippen molar-refractivity contribution in [3.05, 3.63) is 59.2 Å². The molecule has 1 aliphatic carbocycles. The zero-order valence-corrected chi connectivity index (χ0v) is 16.3. The fourth-order valence-corrected chi connectivity index (χ4v) is 3.93. The van der Waals surface area contributed by atoms with Crippen LogP contribution in [0.3, 0.4) is 0 Å². The second-order valence-electron chi connectivity index (χ2n) is 6.87. The lowest BCUT2D eigenvalue weighted by molar-refractivity contribution is -0.123. The molecule has 2 aromatic carbocycles. The molecule has 7 heteroatoms. The Morgan fingerprint density at radius 2 is 1.81 bits per heavy atom. The Balaban J connectivity index is 1.52. The number of benzene rings is 2. The maximum absolute atomic E-state index is 12.2. The summed E-state index contributed by atoms with van der Waals surface area (Å²) in [6.45, 7) is 4.08. The van der Waals surface area contributed by atoms with Crippen LogP contribution >= 0.6 is 0 Å². The van der Waals surface area contributed by atoms with E-state index < -0.39 is 10.0 Å². The zero-order chi connectivity index (χ0) is 19.4. The minimum Gasteiger partial charge on any atom is -0.484 e. The summed E-state index contributed by atoms with van der Waals surface area (Å²) in [5.74, 6) is 0.257. The van der Waals surface area contributed by atoms with Gasteiger partial charge in [-0.1, -0.05) is 29.8 Å². The summed E-state index contributed by atoms with van der Waals surface area (Å²) >= 11 is 0. The molecule has 0 spiro atoms. The van der Waals surface area contributed by atoms with Gasteiger partial charge in [0.15, 0.2) is 6.61 Å². The molecule has 3 rings (SSSR count). The fraction of sp³-hybridized carbons (Fsp3) is 0.350. The molecule has 27 heavy (non-hydrogen) atoms. The predicted octanol–water partition coefficient (Wildman–Crippen LogP) is 2.44. The molecule has 144 valence electrons. The van der Waals surface area contributed by atoms with Crippen molar-refractivity contribution in [3.8, 4) is 5.75 Å². The summed E-state index contributed by atoms with van der Waals surface area (Å²) in [7, 11) is -3.49. The minimum atomic E-state index is -3.49. The smallest absolute Gasteiger partial charge is 0.258 e. The SMILES string of the molecule is Cc1ccc(CNC(=O)COc2ccc(S(=O)(=O)NC3CC3)cc2C)cc1. The van der Waals surface area contributed by atoms with E-state index in [4.69, 9.17) is 4.74 Å². The maximum atomic E-state index is 12.2. The number of sulfonamides is 1. The van der Waals surface area contributed by atoms with Crippen LogP contribution in [0.5, 0.6) is 5.75 Å². The monoisotopic (exact) mass is 388 g/mol. The standard InChI is InChI=1S/C20H24N2O4S/c1-14-3-5-16(6-4-14)12-21-20(23)13-26-19-10-9-18(11-15(19)2)27(24,25)22-17-7-8-17/h3-6,9-11,17,22H,7-8,12-13H2,1-2H3,(H,21,23). The van der Waals surface area contributed by atoms with Crippen LogP contribution in [-0.4, -0.2) is 27.0 Å². The number of rotatable bonds is 8. The average molecular weight is 388 g/mol. The van der Waals surface area contributed by atoms with Crippen LogP contribution in [0.2, 0.25) is 0 Å². The number of hydrogen-bond acceptors (Lipinski definition) is 4. The van der Waals surface area contributed by atoms with E-state index in [1.54, 1.807) is 19.1 Å². The van der Waals surface area contributed by atoms with Gasteiger partial charge >= 0.3 is 0 Å². The molecule has 0 aromatic heterocycles. The van der Waals surface area contributed by atoms with Crippen molar-refractivity contribution < 1.29 is 17.9 Å². The van der Waals surface area contributed by atoms with E-state index in [2.05, 4.69) is 10.0 Å². The van der Waals surface area contributed by atoms with E-state index in [1.165, 1.54) is 11.6 Å². The van der Waals surface area contributed by atoms with Crippen molar-refractivity contribution in [2.24, 2.45) is 0 Å². The Kier molecular flexibility index (Phi) is 5.82. The lowest BCUT2D eigenvalue weighted by Crippen LogP contribution is -2.28. The quantitative estimate of drug-likeness (QED) is 0.727. The highest BCUT2D eigenvalue weighted by atomic mass is 32.2. The van der Waals surface area contributed by atoms with Gasteiger partial charge in [-0.15, -0.1) is 0 Å². The molecule has 0 aliphatic heterocycles. The number of nitrogens with one attached hydrogen (secondary N) is 2. The molecular formula is C20H24N2O4S. The molecule has 6 nitrogen and oxygen atoms in total. The lowest BCUT2D eigenvalue weighted by Gasteiger charge is -2.12. The van der Waals surface area contributed by atoms with Crippen LogP contribution in [0, 0.1) is 13.8 Å². The van der Waals surface area contributed by atoms with Gasteiger partial charge < -0.3 is 10.1 Å². The Hall–Kier alpha value is -2.38. The van der Waals surface area contributed by atoms with Crippen LogP contribution < -0.4 is 14.8 Å². The Labute approximate surface area is 160 Å². The Morgan fingerprint density at radius 3 is 2.44 bits per heavy atom. The molecule has 1 amide bonds. The van der Waals surface area contributed by atoms with Gasteiger partial charge in [0.05, 0.1) is 4.90 Å². The highest BCUT2D eigenvalue weighted by Crippen LogP contribution is 2.25. The maximum Gasteiger partial charge on any atom is 0.258 e. The van der Waals surface area contributed by atoms with E-state index >= 15 is 0 Å². The van der Waals surface area contributed by atoms with Gasteiger partial charge in [0.2, 0.25) is 10.0 Å². The predicted molar refractivity (Wildman–Crippen MR) is 103 cm³/mol. The number of amides is 1. The highest BCUT2D eigenvalue weighted by molar-refractivity contribution is 7.89. The van der Waals surface area contributed by atoms with Crippen molar-refractivity contribution in [1.82, 2.24) is 10.0 Å². The minimum absolute atomic E-state index is 0.0588. The summed E-state index contributed by atoms with van der Waals surface area (Å²) in [5.41, 5.74) is 2.85. The van der Waals surface area contributed by atoms with Gasteiger partial charge in [-0.05, 0) is 56.0 Å². The van der Waals surface area contributed by atoms with Crippen LogP contribution in [0.1, 0.15) is 29.5 Å². The molecule has 0 heterocycles. The van der Waals surface area contributed by atoms with Crippen molar-refractivity contribution >= 4 is 15.9 Å². The first-order chi connectivity index (χ1) is 12.8. The van der Waals surface area contributed by atoms with Gasteiger partial charge in [0.25, 0.3) is 5.91 Å². The molecular weight excluding hydrogens is 364 g/mol. The molecule has 0 radical (unpaired) electrons. The van der Waals surface area contributed by atoms with E-state index in [0.717, 1.165) is 18.4 Å². The van der Waals surface area contributed by atoms with Crippen LogP contribution in [-0.2, 0) is 21.4 Å². The highest BCUT2D eigenvalue weighted by Gasteiger charge is 2.28. The molecule has 1 fully saturated rings. The summed E-state index contributed by atoms with van der Waals surface area (Å²) in [6, 6.07) is 12.6. The summed E-state index contributed by atoms with van der Waals surface area (Å²) in [4.78, 5) is 12.2. The number of carbonyl (C=O) groups is 1. The van der Waals surface area contributed by atoms with E-state index in [0.29, 0.717) is 17.9 Å². The summed E-state index contributed by atoms with van der Waals surface area (Å²) < 4.78 is 32.7. The number of hydrogen-bond donors (Lipinski definition) is 2. The third-order valence-electron chi connectivity index (χ3n) is 4.32. The first kappa shape index (κ1) is 19.4. The average Bonchev–Trinajstić information content (AvgIpc) is 3.43. The van der Waals surface area contributed by atoms with E-state index in [-0.39, 0.29) is 23.5 Å². The first-order valence-electron chi connectivity index (χ1n) is 8.91. The fourth-order valence-electron chi connectivity index (χ4n) is 2.54. The lowest BCUT2D eigenvalue weighted by atomic mass is 10.1. The molecule has 2 N–H and O–H groups in total. The Morgan fingerprint density at radius 1 is 1.11 bits per heavy atom. The number of carbonyl (C=O) groups excluding carboxylic acids is 1. The largest absolute Gasteiger partial charge is 0.484 e.